The Balaban J connectivity index is 2.23. The van der Waals surface area contributed by atoms with Gasteiger partial charge in [-0.3, -0.25) is 0 Å². The minimum Gasteiger partial charge on any atom is -0.381 e. The first kappa shape index (κ1) is 16.2. The van der Waals surface area contributed by atoms with Gasteiger partial charge in [-0.05, 0) is 30.9 Å². The fourth-order valence-electron chi connectivity index (χ4n) is 2.13. The molecule has 0 heterocycles. The Kier molecular flexibility index (Phi) is 8.52. The molecule has 1 aromatic rings. The van der Waals surface area contributed by atoms with Crippen molar-refractivity contribution in [1.29, 1.82) is 0 Å². The van der Waals surface area contributed by atoms with Crippen LogP contribution in [0.5, 0.6) is 0 Å². The van der Waals surface area contributed by atoms with Crippen LogP contribution in [-0.2, 0) is 4.74 Å². The Morgan fingerprint density at radius 2 is 1.89 bits per heavy atom. The highest BCUT2D eigenvalue weighted by Crippen LogP contribution is 2.17. The van der Waals surface area contributed by atoms with E-state index >= 15 is 0 Å². The van der Waals surface area contributed by atoms with Gasteiger partial charge in [0.25, 0.3) is 0 Å². The molecule has 0 aliphatic heterocycles. The molecule has 0 aliphatic rings. The Labute approximate surface area is 118 Å². The Bertz CT molecular complexity index is 310. The molecule has 0 amide bonds. The first-order valence-corrected chi connectivity index (χ1v) is 7.60. The first-order valence-electron chi connectivity index (χ1n) is 7.60. The highest BCUT2D eigenvalue weighted by atomic mass is 16.5. The molecule has 1 rings (SSSR count). The predicted octanol–water partition coefficient (Wildman–Crippen LogP) is 4.18. The zero-order valence-corrected chi connectivity index (χ0v) is 12.7. The van der Waals surface area contributed by atoms with E-state index in [9.17, 15) is 0 Å². The van der Waals surface area contributed by atoms with Crippen molar-refractivity contribution >= 4 is 0 Å². The molecule has 0 spiro atoms. The van der Waals surface area contributed by atoms with Gasteiger partial charge in [-0.1, -0.05) is 57.5 Å². The molecule has 0 radical (unpaired) electrons. The number of hydrogen-bond acceptors (Lipinski definition) is 2. The van der Waals surface area contributed by atoms with E-state index in [0.717, 1.165) is 26.2 Å². The summed E-state index contributed by atoms with van der Waals surface area (Å²) in [6.45, 7) is 9.37. The van der Waals surface area contributed by atoms with Crippen LogP contribution in [0.2, 0.25) is 0 Å². The van der Waals surface area contributed by atoms with E-state index in [2.05, 4.69) is 56.4 Å². The van der Waals surface area contributed by atoms with Gasteiger partial charge in [0.15, 0.2) is 0 Å². The van der Waals surface area contributed by atoms with Crippen molar-refractivity contribution in [2.45, 2.75) is 46.1 Å². The lowest BCUT2D eigenvalue weighted by Crippen LogP contribution is -2.23. The summed E-state index contributed by atoms with van der Waals surface area (Å²) in [6, 6.07) is 11.2. The lowest BCUT2D eigenvalue weighted by atomic mass is 10.0. The lowest BCUT2D eigenvalue weighted by molar-refractivity contribution is 0.107. The van der Waals surface area contributed by atoms with Gasteiger partial charge in [0.05, 0.1) is 0 Å². The van der Waals surface area contributed by atoms with Gasteiger partial charge < -0.3 is 10.1 Å². The summed E-state index contributed by atoms with van der Waals surface area (Å²) in [5.41, 5.74) is 1.40. The lowest BCUT2D eigenvalue weighted by Gasteiger charge is -2.18. The van der Waals surface area contributed by atoms with E-state index in [0.29, 0.717) is 12.0 Å². The van der Waals surface area contributed by atoms with E-state index in [1.54, 1.807) is 0 Å². The molecular formula is C17H29NO. The molecule has 1 unspecified atom stereocenters. The number of nitrogens with one attached hydrogen (secondary N) is 1. The molecule has 2 heteroatoms. The smallest absolute Gasteiger partial charge is 0.0489 e. The Morgan fingerprint density at radius 3 is 2.53 bits per heavy atom. The average Bonchev–Trinajstić information content (AvgIpc) is 2.42. The van der Waals surface area contributed by atoms with Crippen LogP contribution in [0.15, 0.2) is 30.3 Å². The number of benzene rings is 1. The molecule has 0 aliphatic carbocycles. The number of hydrogen-bond donors (Lipinski definition) is 1. The van der Waals surface area contributed by atoms with Crippen molar-refractivity contribution in [3.63, 3.8) is 0 Å². The maximum absolute atomic E-state index is 5.60. The minimum atomic E-state index is 0.483. The highest BCUT2D eigenvalue weighted by molar-refractivity contribution is 5.18. The SMILES string of the molecule is CCCC(NCCCOCC(C)C)c1ccccc1. The maximum Gasteiger partial charge on any atom is 0.0489 e. The van der Waals surface area contributed by atoms with Crippen LogP contribution in [0, 0.1) is 5.92 Å². The zero-order chi connectivity index (χ0) is 13.9. The van der Waals surface area contributed by atoms with Crippen LogP contribution in [0.4, 0.5) is 0 Å². The molecule has 1 N–H and O–H groups in total. The summed E-state index contributed by atoms with van der Waals surface area (Å²) in [5, 5.41) is 3.65. The van der Waals surface area contributed by atoms with Gasteiger partial charge >= 0.3 is 0 Å². The van der Waals surface area contributed by atoms with Crippen molar-refractivity contribution in [1.82, 2.24) is 5.32 Å². The molecule has 19 heavy (non-hydrogen) atoms. The quantitative estimate of drug-likeness (QED) is 0.639. The van der Waals surface area contributed by atoms with Gasteiger partial charge in [0.2, 0.25) is 0 Å². The predicted molar refractivity (Wildman–Crippen MR) is 82.4 cm³/mol. The molecular weight excluding hydrogens is 234 g/mol. The largest absolute Gasteiger partial charge is 0.381 e. The molecule has 0 bridgehead atoms. The summed E-state index contributed by atoms with van der Waals surface area (Å²) in [5.74, 6) is 0.630. The molecule has 0 fully saturated rings. The van der Waals surface area contributed by atoms with Crippen molar-refractivity contribution in [3.05, 3.63) is 35.9 Å². The van der Waals surface area contributed by atoms with Gasteiger partial charge in [-0.25, -0.2) is 0 Å². The van der Waals surface area contributed by atoms with Gasteiger partial charge in [0.1, 0.15) is 0 Å². The third-order valence-electron chi connectivity index (χ3n) is 3.09. The molecule has 0 saturated heterocycles. The standard InChI is InChI=1S/C17H29NO/c1-4-9-17(16-10-6-5-7-11-16)18-12-8-13-19-14-15(2)3/h5-7,10-11,15,17-18H,4,8-9,12-14H2,1-3H3. The average molecular weight is 263 g/mol. The van der Waals surface area contributed by atoms with Crippen LogP contribution in [0.1, 0.15) is 51.6 Å². The molecule has 1 atom stereocenters. The third kappa shape index (κ3) is 7.34. The summed E-state index contributed by atoms with van der Waals surface area (Å²) < 4.78 is 5.60. The molecule has 2 nitrogen and oxygen atoms in total. The number of rotatable bonds is 10. The monoisotopic (exact) mass is 263 g/mol. The molecule has 0 saturated carbocycles. The fraction of sp³-hybridized carbons (Fsp3) is 0.647. The third-order valence-corrected chi connectivity index (χ3v) is 3.09. The summed E-state index contributed by atoms with van der Waals surface area (Å²) in [6.07, 6.45) is 3.48. The van der Waals surface area contributed by atoms with Gasteiger partial charge in [-0.2, -0.15) is 0 Å². The molecule has 0 aromatic heterocycles. The van der Waals surface area contributed by atoms with E-state index in [4.69, 9.17) is 4.74 Å². The van der Waals surface area contributed by atoms with E-state index < -0.39 is 0 Å². The van der Waals surface area contributed by atoms with Gasteiger partial charge in [0, 0.05) is 19.3 Å². The second-order valence-electron chi connectivity index (χ2n) is 5.53. The maximum atomic E-state index is 5.60. The zero-order valence-electron chi connectivity index (χ0n) is 12.7. The van der Waals surface area contributed by atoms with Crippen LogP contribution in [0.3, 0.4) is 0 Å². The van der Waals surface area contributed by atoms with E-state index in [1.807, 2.05) is 0 Å². The van der Waals surface area contributed by atoms with Crippen molar-refractivity contribution in [2.75, 3.05) is 19.8 Å². The van der Waals surface area contributed by atoms with Crippen LogP contribution in [-0.4, -0.2) is 19.8 Å². The summed E-state index contributed by atoms with van der Waals surface area (Å²) in [7, 11) is 0. The fourth-order valence-corrected chi connectivity index (χ4v) is 2.13. The summed E-state index contributed by atoms with van der Waals surface area (Å²) in [4.78, 5) is 0. The van der Waals surface area contributed by atoms with E-state index in [1.165, 1.54) is 18.4 Å². The van der Waals surface area contributed by atoms with Gasteiger partial charge in [-0.15, -0.1) is 0 Å². The second-order valence-corrected chi connectivity index (χ2v) is 5.53. The normalized spacial score (nSPS) is 12.8. The number of ether oxygens (including phenoxy) is 1. The first-order chi connectivity index (χ1) is 9.24. The van der Waals surface area contributed by atoms with Crippen molar-refractivity contribution < 1.29 is 4.74 Å². The second kappa shape index (κ2) is 9.99. The van der Waals surface area contributed by atoms with Crippen LogP contribution < -0.4 is 5.32 Å². The Morgan fingerprint density at radius 1 is 1.16 bits per heavy atom. The topological polar surface area (TPSA) is 21.3 Å². The Hall–Kier alpha value is -0.860. The van der Waals surface area contributed by atoms with Crippen molar-refractivity contribution in [3.8, 4) is 0 Å². The van der Waals surface area contributed by atoms with E-state index in [-0.39, 0.29) is 0 Å². The molecule has 108 valence electrons. The highest BCUT2D eigenvalue weighted by Gasteiger charge is 2.08. The van der Waals surface area contributed by atoms with Crippen molar-refractivity contribution in [2.24, 2.45) is 5.92 Å². The van der Waals surface area contributed by atoms with Crippen LogP contribution in [0.25, 0.3) is 0 Å². The summed E-state index contributed by atoms with van der Waals surface area (Å²) >= 11 is 0. The minimum absolute atomic E-state index is 0.483. The van der Waals surface area contributed by atoms with Crippen LogP contribution >= 0.6 is 0 Å². The molecule has 1 aromatic carbocycles.